The molecule has 0 bridgehead atoms. The lowest BCUT2D eigenvalue weighted by molar-refractivity contribution is -0.144. The Bertz CT molecular complexity index is 263. The molecule has 118 valence electrons. The molecule has 1 rings (SSSR count). The van der Waals surface area contributed by atoms with Crippen LogP contribution in [0.15, 0.2) is 0 Å². The van der Waals surface area contributed by atoms with Gasteiger partial charge in [0, 0.05) is 32.2 Å². The summed E-state index contributed by atoms with van der Waals surface area (Å²) in [6.45, 7) is 8.97. The number of carbonyl (C=O) groups is 1. The monoisotopic (exact) mass is 284 g/mol. The number of carbonyl (C=O) groups excluding carboxylic acids is 1. The van der Waals surface area contributed by atoms with Gasteiger partial charge in [-0.15, -0.1) is 0 Å². The Labute approximate surface area is 124 Å². The van der Waals surface area contributed by atoms with E-state index in [1.54, 1.807) is 0 Å². The lowest BCUT2D eigenvalue weighted by atomic mass is 10.0. The summed E-state index contributed by atoms with van der Waals surface area (Å²) in [5.74, 6) is -0.0353. The minimum atomic E-state index is -0.0353. The number of piperazine rings is 1. The molecule has 20 heavy (non-hydrogen) atoms. The standard InChI is InChI=1S/C16H32N2O2/c1-4-6-7-8-9-15(14-16(19)20-5-2)18-12-10-17(3)11-13-18/h15H,4-14H2,1-3H3. The van der Waals surface area contributed by atoms with Crippen LogP contribution in [0.1, 0.15) is 52.4 Å². The highest BCUT2D eigenvalue weighted by Gasteiger charge is 2.24. The third-order valence-corrected chi connectivity index (χ3v) is 4.15. The number of esters is 1. The van der Waals surface area contributed by atoms with Gasteiger partial charge in [0.15, 0.2) is 0 Å². The van der Waals surface area contributed by atoms with Crippen LogP contribution >= 0.6 is 0 Å². The Balaban J connectivity index is 2.42. The summed E-state index contributed by atoms with van der Waals surface area (Å²) >= 11 is 0. The molecule has 0 aromatic heterocycles. The Hall–Kier alpha value is -0.610. The molecule has 1 heterocycles. The van der Waals surface area contributed by atoms with Gasteiger partial charge < -0.3 is 9.64 Å². The fraction of sp³-hybridized carbons (Fsp3) is 0.938. The van der Waals surface area contributed by atoms with Gasteiger partial charge >= 0.3 is 5.97 Å². The molecule has 0 aromatic rings. The van der Waals surface area contributed by atoms with E-state index in [0.717, 1.165) is 32.6 Å². The third kappa shape index (κ3) is 6.71. The van der Waals surface area contributed by atoms with Crippen molar-refractivity contribution < 1.29 is 9.53 Å². The molecule has 1 saturated heterocycles. The molecule has 1 aliphatic heterocycles. The first kappa shape index (κ1) is 17.4. The third-order valence-electron chi connectivity index (χ3n) is 4.15. The van der Waals surface area contributed by atoms with Gasteiger partial charge in [0.25, 0.3) is 0 Å². The molecule has 0 radical (unpaired) electrons. The van der Waals surface area contributed by atoms with E-state index in [0.29, 0.717) is 19.1 Å². The van der Waals surface area contributed by atoms with Crippen molar-refractivity contribution in [3.8, 4) is 0 Å². The van der Waals surface area contributed by atoms with Crippen LogP contribution < -0.4 is 0 Å². The van der Waals surface area contributed by atoms with E-state index >= 15 is 0 Å². The Morgan fingerprint density at radius 2 is 1.80 bits per heavy atom. The van der Waals surface area contributed by atoms with Crippen molar-refractivity contribution in [3.63, 3.8) is 0 Å². The highest BCUT2D eigenvalue weighted by atomic mass is 16.5. The van der Waals surface area contributed by atoms with Crippen molar-refractivity contribution in [2.45, 2.75) is 58.4 Å². The number of hydrogen-bond donors (Lipinski definition) is 0. The normalized spacial score (nSPS) is 18.9. The van der Waals surface area contributed by atoms with Crippen LogP contribution in [0, 0.1) is 0 Å². The maximum atomic E-state index is 11.8. The minimum absolute atomic E-state index is 0.0353. The van der Waals surface area contributed by atoms with Gasteiger partial charge in [-0.3, -0.25) is 9.69 Å². The average molecular weight is 284 g/mol. The zero-order valence-corrected chi connectivity index (χ0v) is 13.6. The fourth-order valence-corrected chi connectivity index (χ4v) is 2.82. The molecule has 1 unspecified atom stereocenters. The average Bonchev–Trinajstić information content (AvgIpc) is 2.43. The first-order valence-electron chi connectivity index (χ1n) is 8.25. The Morgan fingerprint density at radius 3 is 2.40 bits per heavy atom. The molecular formula is C16H32N2O2. The Morgan fingerprint density at radius 1 is 1.10 bits per heavy atom. The van der Waals surface area contributed by atoms with Crippen molar-refractivity contribution in [3.05, 3.63) is 0 Å². The van der Waals surface area contributed by atoms with E-state index < -0.39 is 0 Å². The van der Waals surface area contributed by atoms with Gasteiger partial charge in [0.1, 0.15) is 0 Å². The summed E-state index contributed by atoms with van der Waals surface area (Å²) in [5.41, 5.74) is 0. The minimum Gasteiger partial charge on any atom is -0.466 e. The maximum Gasteiger partial charge on any atom is 0.307 e. The van der Waals surface area contributed by atoms with Gasteiger partial charge in [-0.1, -0.05) is 32.6 Å². The number of likely N-dealkylation sites (N-methyl/N-ethyl adjacent to an activating group) is 1. The molecule has 0 amide bonds. The van der Waals surface area contributed by atoms with Crippen molar-refractivity contribution >= 4 is 5.97 Å². The van der Waals surface area contributed by atoms with Crippen LogP contribution in [0.25, 0.3) is 0 Å². The zero-order valence-electron chi connectivity index (χ0n) is 13.6. The quantitative estimate of drug-likeness (QED) is 0.481. The van der Waals surface area contributed by atoms with Gasteiger partial charge in [0.05, 0.1) is 13.0 Å². The molecule has 1 aliphatic rings. The first-order valence-corrected chi connectivity index (χ1v) is 8.25. The van der Waals surface area contributed by atoms with Crippen LogP contribution in [0.2, 0.25) is 0 Å². The number of hydrogen-bond acceptors (Lipinski definition) is 4. The van der Waals surface area contributed by atoms with E-state index in [4.69, 9.17) is 4.74 Å². The van der Waals surface area contributed by atoms with Crippen molar-refractivity contribution in [1.29, 1.82) is 0 Å². The van der Waals surface area contributed by atoms with E-state index in [2.05, 4.69) is 23.8 Å². The topological polar surface area (TPSA) is 32.8 Å². The smallest absolute Gasteiger partial charge is 0.307 e. The fourth-order valence-electron chi connectivity index (χ4n) is 2.82. The van der Waals surface area contributed by atoms with Crippen LogP contribution in [0.3, 0.4) is 0 Å². The molecule has 0 aromatic carbocycles. The highest BCUT2D eigenvalue weighted by molar-refractivity contribution is 5.70. The predicted octanol–water partition coefficient (Wildman–Crippen LogP) is 2.53. The lowest BCUT2D eigenvalue weighted by Gasteiger charge is -2.37. The van der Waals surface area contributed by atoms with Gasteiger partial charge in [0.2, 0.25) is 0 Å². The molecule has 1 fully saturated rings. The Kier molecular flexibility index (Phi) is 8.86. The van der Waals surface area contributed by atoms with E-state index in [-0.39, 0.29) is 5.97 Å². The number of ether oxygens (including phenoxy) is 1. The number of nitrogens with zero attached hydrogens (tertiary/aromatic N) is 2. The van der Waals surface area contributed by atoms with E-state index in [1.807, 2.05) is 6.92 Å². The molecule has 0 N–H and O–H groups in total. The summed E-state index contributed by atoms with van der Waals surface area (Å²) in [6, 6.07) is 0.375. The molecule has 0 saturated carbocycles. The van der Waals surface area contributed by atoms with Crippen LogP contribution in [-0.4, -0.2) is 61.6 Å². The number of unbranched alkanes of at least 4 members (excludes halogenated alkanes) is 3. The lowest BCUT2D eigenvalue weighted by Crippen LogP contribution is -2.49. The largest absolute Gasteiger partial charge is 0.466 e. The summed E-state index contributed by atoms with van der Waals surface area (Å²) in [4.78, 5) is 16.6. The second kappa shape index (κ2) is 10.2. The van der Waals surface area contributed by atoms with Gasteiger partial charge in [-0.2, -0.15) is 0 Å². The van der Waals surface area contributed by atoms with Crippen molar-refractivity contribution in [1.82, 2.24) is 9.80 Å². The molecule has 0 spiro atoms. The molecular weight excluding hydrogens is 252 g/mol. The first-order chi connectivity index (χ1) is 9.67. The molecule has 0 aliphatic carbocycles. The van der Waals surface area contributed by atoms with Crippen molar-refractivity contribution in [2.75, 3.05) is 39.8 Å². The van der Waals surface area contributed by atoms with Crippen LogP contribution in [0.4, 0.5) is 0 Å². The molecule has 4 nitrogen and oxygen atoms in total. The number of rotatable bonds is 9. The molecule has 1 atom stereocenters. The van der Waals surface area contributed by atoms with Crippen LogP contribution in [-0.2, 0) is 9.53 Å². The predicted molar refractivity (Wildman–Crippen MR) is 82.9 cm³/mol. The van der Waals surface area contributed by atoms with Crippen molar-refractivity contribution in [2.24, 2.45) is 0 Å². The van der Waals surface area contributed by atoms with Crippen LogP contribution in [0.5, 0.6) is 0 Å². The zero-order chi connectivity index (χ0) is 14.8. The maximum absolute atomic E-state index is 11.8. The second-order valence-electron chi connectivity index (χ2n) is 5.85. The van der Waals surface area contributed by atoms with Gasteiger partial charge in [-0.25, -0.2) is 0 Å². The molecule has 4 heteroatoms. The van der Waals surface area contributed by atoms with E-state index in [1.165, 1.54) is 25.7 Å². The van der Waals surface area contributed by atoms with Gasteiger partial charge in [-0.05, 0) is 20.4 Å². The highest BCUT2D eigenvalue weighted by Crippen LogP contribution is 2.17. The van der Waals surface area contributed by atoms with E-state index in [9.17, 15) is 4.79 Å². The second-order valence-corrected chi connectivity index (χ2v) is 5.85. The summed E-state index contributed by atoms with van der Waals surface area (Å²) in [6.07, 6.45) is 6.76. The SMILES string of the molecule is CCCCCCC(CC(=O)OCC)N1CCN(C)CC1. The summed E-state index contributed by atoms with van der Waals surface area (Å²) in [7, 11) is 2.17. The summed E-state index contributed by atoms with van der Waals surface area (Å²) < 4.78 is 5.14. The summed E-state index contributed by atoms with van der Waals surface area (Å²) in [5, 5.41) is 0.